The highest BCUT2D eigenvalue weighted by atomic mass is 16.7. The van der Waals surface area contributed by atoms with Gasteiger partial charge < -0.3 is 65.1 Å². The Hall–Kier alpha value is -1.79. The molecule has 2 aliphatic rings. The zero-order chi connectivity index (χ0) is 40.4. The Bertz CT molecular complexity index is 1070. The van der Waals surface area contributed by atoms with E-state index in [-0.39, 0.29) is 18.9 Å². The number of hydrogen-bond donors (Lipinski definition) is 9. The molecular formula is C41H73NO13. The third kappa shape index (κ3) is 18.6. The van der Waals surface area contributed by atoms with Gasteiger partial charge in [-0.05, 0) is 44.9 Å². The van der Waals surface area contributed by atoms with Crippen LogP contribution in [0.5, 0.6) is 0 Å². The number of carbonyl (C=O) groups excluding carboxylic acids is 1. The van der Waals surface area contributed by atoms with Crippen LogP contribution in [-0.4, -0.2) is 140 Å². The Morgan fingerprint density at radius 2 is 1.16 bits per heavy atom. The zero-order valence-electron chi connectivity index (χ0n) is 33.2. The molecule has 14 nitrogen and oxygen atoms in total. The first kappa shape index (κ1) is 49.4. The Balaban J connectivity index is 1.85. The van der Waals surface area contributed by atoms with Crippen LogP contribution in [0.2, 0.25) is 0 Å². The topological polar surface area (TPSA) is 228 Å². The second-order valence-corrected chi connectivity index (χ2v) is 14.7. The predicted octanol–water partition coefficient (Wildman–Crippen LogP) is 2.81. The van der Waals surface area contributed by atoms with Crippen molar-refractivity contribution in [2.45, 2.75) is 197 Å². The average molecular weight is 788 g/mol. The summed E-state index contributed by atoms with van der Waals surface area (Å²) in [6.45, 7) is 2.52. The van der Waals surface area contributed by atoms with Crippen LogP contribution in [0.3, 0.4) is 0 Å². The van der Waals surface area contributed by atoms with Crippen molar-refractivity contribution < 1.29 is 64.6 Å². The number of amides is 1. The normalized spacial score (nSPS) is 30.1. The summed E-state index contributed by atoms with van der Waals surface area (Å²) in [6, 6.07) is -0.929. The lowest BCUT2D eigenvalue weighted by Gasteiger charge is -2.46. The van der Waals surface area contributed by atoms with Crippen molar-refractivity contribution in [1.29, 1.82) is 0 Å². The highest BCUT2D eigenvalue weighted by Gasteiger charge is 2.50. The number of aliphatic hydroxyl groups is 8. The van der Waals surface area contributed by atoms with Gasteiger partial charge in [0.25, 0.3) is 0 Å². The zero-order valence-corrected chi connectivity index (χ0v) is 33.2. The third-order valence-electron chi connectivity index (χ3n) is 10.1. The van der Waals surface area contributed by atoms with Crippen molar-refractivity contribution in [3.05, 3.63) is 36.5 Å². The van der Waals surface area contributed by atoms with E-state index in [0.29, 0.717) is 12.8 Å². The number of allylic oxidation sites excluding steroid dienone is 5. The Kier molecular flexibility index (Phi) is 26.4. The maximum absolute atomic E-state index is 12.7. The van der Waals surface area contributed by atoms with Crippen LogP contribution in [0.15, 0.2) is 36.5 Å². The second-order valence-electron chi connectivity index (χ2n) is 14.7. The van der Waals surface area contributed by atoms with Gasteiger partial charge in [-0.2, -0.15) is 0 Å². The van der Waals surface area contributed by atoms with E-state index >= 15 is 0 Å². The molecular weight excluding hydrogens is 714 g/mol. The molecule has 1 amide bonds. The molecule has 14 heteroatoms. The van der Waals surface area contributed by atoms with Gasteiger partial charge in [0.1, 0.15) is 48.8 Å². The summed E-state index contributed by atoms with van der Waals surface area (Å²) in [5.41, 5.74) is 0. The van der Waals surface area contributed by atoms with Crippen LogP contribution in [0, 0.1) is 0 Å². The van der Waals surface area contributed by atoms with Gasteiger partial charge in [-0.1, -0.05) is 108 Å². The summed E-state index contributed by atoms with van der Waals surface area (Å²) >= 11 is 0. The fourth-order valence-electron chi connectivity index (χ4n) is 6.55. The van der Waals surface area contributed by atoms with Gasteiger partial charge in [0.15, 0.2) is 12.6 Å². The van der Waals surface area contributed by atoms with E-state index in [1.54, 1.807) is 6.08 Å². The van der Waals surface area contributed by atoms with Crippen LogP contribution < -0.4 is 5.32 Å². The summed E-state index contributed by atoms with van der Waals surface area (Å²) in [5, 5.41) is 85.7. The van der Waals surface area contributed by atoms with Crippen LogP contribution >= 0.6 is 0 Å². The van der Waals surface area contributed by atoms with E-state index in [1.807, 2.05) is 13.0 Å². The molecule has 0 aliphatic carbocycles. The molecule has 12 unspecified atom stereocenters. The number of unbranched alkanes of at least 4 members (excludes halogenated alkanes) is 12. The van der Waals surface area contributed by atoms with E-state index < -0.39 is 86.8 Å². The standard InChI is InChI=1S/C41H73NO13/c1-3-5-7-8-9-10-11-12-13-14-15-16-17-18-19-20-21-23-24-30(45)29(42-33(46)25-22-6-4-2)28-52-40-38(51)36(49)39(32(27-44)54-40)55-41-37(50)35(48)34(47)31(26-43)53-41/h14-15,18-19,23-24,29-32,34-41,43-45,47-51H,3-13,16-17,20-22,25-28H2,1-2H3,(H,42,46)/b15-14+,19-18+,24-23+. The van der Waals surface area contributed by atoms with Crippen molar-refractivity contribution in [3.63, 3.8) is 0 Å². The second kappa shape index (κ2) is 29.4. The van der Waals surface area contributed by atoms with Crippen molar-refractivity contribution in [2.75, 3.05) is 19.8 Å². The molecule has 0 aromatic carbocycles. The van der Waals surface area contributed by atoms with Crippen molar-refractivity contribution in [2.24, 2.45) is 0 Å². The van der Waals surface area contributed by atoms with Crippen LogP contribution in [0.1, 0.15) is 123 Å². The molecule has 55 heavy (non-hydrogen) atoms. The third-order valence-corrected chi connectivity index (χ3v) is 10.1. The number of hydrogen-bond acceptors (Lipinski definition) is 13. The van der Waals surface area contributed by atoms with Gasteiger partial charge in [-0.15, -0.1) is 0 Å². The fourth-order valence-corrected chi connectivity index (χ4v) is 6.55. The lowest BCUT2D eigenvalue weighted by Crippen LogP contribution is -2.65. The average Bonchev–Trinajstić information content (AvgIpc) is 3.18. The summed E-state index contributed by atoms with van der Waals surface area (Å²) in [7, 11) is 0. The van der Waals surface area contributed by atoms with Crippen molar-refractivity contribution in [3.8, 4) is 0 Å². The van der Waals surface area contributed by atoms with Gasteiger partial charge in [-0.3, -0.25) is 4.79 Å². The van der Waals surface area contributed by atoms with Crippen LogP contribution in [-0.2, 0) is 23.7 Å². The molecule has 0 saturated carbocycles. The molecule has 2 rings (SSSR count). The van der Waals surface area contributed by atoms with Gasteiger partial charge in [0, 0.05) is 6.42 Å². The highest BCUT2D eigenvalue weighted by molar-refractivity contribution is 5.76. The Morgan fingerprint density at radius 1 is 0.636 bits per heavy atom. The summed E-state index contributed by atoms with van der Waals surface area (Å²) in [6.07, 6.45) is 13.1. The largest absolute Gasteiger partial charge is 0.394 e. The number of ether oxygens (including phenoxy) is 4. The molecule has 2 heterocycles. The highest BCUT2D eigenvalue weighted by Crippen LogP contribution is 2.29. The molecule has 9 N–H and O–H groups in total. The lowest BCUT2D eigenvalue weighted by molar-refractivity contribution is -0.359. The minimum absolute atomic E-state index is 0.255. The molecule has 0 aromatic heterocycles. The first-order valence-electron chi connectivity index (χ1n) is 20.7. The summed E-state index contributed by atoms with van der Waals surface area (Å²) in [5.74, 6) is -0.282. The van der Waals surface area contributed by atoms with Crippen LogP contribution in [0.25, 0.3) is 0 Å². The molecule has 0 aromatic rings. The van der Waals surface area contributed by atoms with Crippen molar-refractivity contribution in [1.82, 2.24) is 5.32 Å². The lowest BCUT2D eigenvalue weighted by atomic mass is 9.97. The Labute approximate surface area is 328 Å². The molecule has 2 aliphatic heterocycles. The van der Waals surface area contributed by atoms with Crippen molar-refractivity contribution >= 4 is 5.91 Å². The van der Waals surface area contributed by atoms with E-state index in [2.05, 4.69) is 36.5 Å². The minimum atomic E-state index is -1.79. The maximum atomic E-state index is 12.7. The number of aliphatic hydroxyl groups excluding tert-OH is 8. The van der Waals surface area contributed by atoms with Gasteiger partial charge >= 0.3 is 0 Å². The van der Waals surface area contributed by atoms with E-state index in [4.69, 9.17) is 18.9 Å². The van der Waals surface area contributed by atoms with E-state index in [9.17, 15) is 45.6 Å². The molecule has 320 valence electrons. The molecule has 2 fully saturated rings. The van der Waals surface area contributed by atoms with E-state index in [1.165, 1.54) is 51.4 Å². The number of rotatable bonds is 29. The first-order valence-corrected chi connectivity index (χ1v) is 20.7. The van der Waals surface area contributed by atoms with Crippen LogP contribution in [0.4, 0.5) is 0 Å². The molecule has 12 atom stereocenters. The maximum Gasteiger partial charge on any atom is 0.220 e. The van der Waals surface area contributed by atoms with Gasteiger partial charge in [0.2, 0.25) is 5.91 Å². The molecule has 0 radical (unpaired) electrons. The number of carbonyl (C=O) groups is 1. The smallest absolute Gasteiger partial charge is 0.220 e. The molecule has 2 saturated heterocycles. The quantitative estimate of drug-likeness (QED) is 0.0393. The summed E-state index contributed by atoms with van der Waals surface area (Å²) < 4.78 is 22.4. The minimum Gasteiger partial charge on any atom is -0.394 e. The van der Waals surface area contributed by atoms with Gasteiger partial charge in [-0.25, -0.2) is 0 Å². The number of nitrogens with one attached hydrogen (secondary N) is 1. The monoisotopic (exact) mass is 788 g/mol. The molecule has 0 spiro atoms. The van der Waals surface area contributed by atoms with E-state index in [0.717, 1.165) is 38.5 Å². The molecule has 0 bridgehead atoms. The Morgan fingerprint density at radius 3 is 1.78 bits per heavy atom. The SMILES string of the molecule is CCCCCCCCCC/C=C/CC/C=C/CC/C=C/C(O)C(COC1OC(CO)C(OC2OC(CO)C(O)C(O)C2O)C(O)C1O)NC(=O)CCCCC. The fraction of sp³-hybridized carbons (Fsp3) is 0.829. The predicted molar refractivity (Wildman–Crippen MR) is 208 cm³/mol. The summed E-state index contributed by atoms with van der Waals surface area (Å²) in [4.78, 5) is 12.7. The van der Waals surface area contributed by atoms with Gasteiger partial charge in [0.05, 0.1) is 32.0 Å². The first-order chi connectivity index (χ1) is 26.6.